The van der Waals surface area contributed by atoms with Gasteiger partial charge in [-0.25, -0.2) is 0 Å². The molecule has 1 atom stereocenters. The first-order valence-electron chi connectivity index (χ1n) is 4.96. The molecule has 1 aromatic rings. The molecule has 0 spiro atoms. The summed E-state index contributed by atoms with van der Waals surface area (Å²) in [6.07, 6.45) is 4.57. The van der Waals surface area contributed by atoms with Crippen molar-refractivity contribution >= 4 is 5.69 Å². The molecular weight excluding hydrogens is 204 g/mol. The number of nitrogen functional groups attached to an aromatic ring is 1. The minimum absolute atomic E-state index is 0.0300. The Morgan fingerprint density at radius 2 is 1.94 bits per heavy atom. The molecule has 0 saturated carbocycles. The van der Waals surface area contributed by atoms with Gasteiger partial charge >= 0.3 is 0 Å². The fourth-order valence-electron chi connectivity index (χ4n) is 1.68. The van der Waals surface area contributed by atoms with Crippen molar-refractivity contribution in [1.29, 1.82) is 0 Å². The lowest BCUT2D eigenvalue weighted by atomic mass is 9.91. The zero-order valence-corrected chi connectivity index (χ0v) is 8.67. The molecule has 4 heteroatoms. The molecule has 0 fully saturated rings. The maximum Gasteiger partial charge on any atom is 0.224 e. The molecule has 1 aromatic carbocycles. The van der Waals surface area contributed by atoms with Gasteiger partial charge in [-0.1, -0.05) is 18.2 Å². The third-order valence-corrected chi connectivity index (χ3v) is 2.62. The second-order valence-electron chi connectivity index (χ2n) is 3.90. The number of rotatable bonds is 1. The summed E-state index contributed by atoms with van der Waals surface area (Å²) in [5, 5.41) is 18.8. The monoisotopic (exact) mass is 218 g/mol. The number of anilines is 1. The van der Waals surface area contributed by atoms with Crippen molar-refractivity contribution in [3.8, 4) is 0 Å². The van der Waals surface area contributed by atoms with Crippen LogP contribution in [0, 0.1) is 0 Å². The Labute approximate surface area is 93.5 Å². The van der Waals surface area contributed by atoms with E-state index in [4.69, 9.17) is 11.5 Å². The van der Waals surface area contributed by atoms with E-state index in [1.807, 2.05) is 18.2 Å². The van der Waals surface area contributed by atoms with Gasteiger partial charge < -0.3 is 21.7 Å². The molecule has 0 aliphatic heterocycles. The van der Waals surface area contributed by atoms with Crippen LogP contribution in [-0.4, -0.2) is 16.0 Å². The molecule has 1 aliphatic carbocycles. The number of hydrogen-bond acceptors (Lipinski definition) is 4. The summed E-state index contributed by atoms with van der Waals surface area (Å²) >= 11 is 0. The SMILES string of the molecule is NC1=CC(c2cccc(N)c2)C=CC1(O)O. The number of nitrogens with two attached hydrogens (primary N) is 2. The van der Waals surface area contributed by atoms with Crippen LogP contribution in [0.2, 0.25) is 0 Å². The second kappa shape index (κ2) is 3.66. The van der Waals surface area contributed by atoms with Gasteiger partial charge in [-0.2, -0.15) is 0 Å². The summed E-state index contributed by atoms with van der Waals surface area (Å²) in [7, 11) is 0. The normalized spacial score (nSPS) is 22.9. The highest BCUT2D eigenvalue weighted by atomic mass is 16.5. The second-order valence-corrected chi connectivity index (χ2v) is 3.90. The first-order valence-corrected chi connectivity index (χ1v) is 4.96. The van der Waals surface area contributed by atoms with Crippen LogP contribution in [0.4, 0.5) is 5.69 Å². The summed E-state index contributed by atoms with van der Waals surface area (Å²) < 4.78 is 0. The molecule has 0 heterocycles. The van der Waals surface area contributed by atoms with E-state index < -0.39 is 5.79 Å². The topological polar surface area (TPSA) is 92.5 Å². The predicted molar refractivity (Wildman–Crippen MR) is 62.2 cm³/mol. The van der Waals surface area contributed by atoms with E-state index >= 15 is 0 Å². The molecule has 1 unspecified atom stereocenters. The van der Waals surface area contributed by atoms with Crippen LogP contribution in [0.3, 0.4) is 0 Å². The Bertz CT molecular complexity index is 464. The molecule has 0 aromatic heterocycles. The predicted octanol–water partition coefficient (Wildman–Crippen LogP) is 0.446. The van der Waals surface area contributed by atoms with Crippen molar-refractivity contribution in [1.82, 2.24) is 0 Å². The van der Waals surface area contributed by atoms with Crippen LogP contribution in [0.25, 0.3) is 0 Å². The van der Waals surface area contributed by atoms with Gasteiger partial charge in [0.1, 0.15) is 0 Å². The van der Waals surface area contributed by atoms with Gasteiger partial charge in [0.05, 0.1) is 5.70 Å². The Kier molecular flexibility index (Phi) is 2.46. The summed E-state index contributed by atoms with van der Waals surface area (Å²) in [4.78, 5) is 0. The lowest BCUT2D eigenvalue weighted by molar-refractivity contribution is -0.0870. The summed E-state index contributed by atoms with van der Waals surface area (Å²) in [6, 6.07) is 7.39. The van der Waals surface area contributed by atoms with Crippen molar-refractivity contribution in [3.05, 3.63) is 53.8 Å². The van der Waals surface area contributed by atoms with Gasteiger partial charge in [-0.05, 0) is 29.8 Å². The van der Waals surface area contributed by atoms with Gasteiger partial charge in [0, 0.05) is 11.6 Å². The van der Waals surface area contributed by atoms with Gasteiger partial charge in [0.2, 0.25) is 5.79 Å². The zero-order chi connectivity index (χ0) is 11.8. The minimum Gasteiger partial charge on any atom is -0.399 e. The van der Waals surface area contributed by atoms with E-state index in [2.05, 4.69) is 0 Å². The van der Waals surface area contributed by atoms with Crippen LogP contribution in [0.15, 0.2) is 48.2 Å². The van der Waals surface area contributed by atoms with Gasteiger partial charge in [-0.3, -0.25) is 0 Å². The molecule has 1 aliphatic rings. The number of aliphatic hydroxyl groups is 2. The standard InChI is InChI=1S/C12H14N2O2/c13-10-3-1-2-8(6-10)9-4-5-12(15,16)11(14)7-9/h1-7,9,15-16H,13-14H2. The highest BCUT2D eigenvalue weighted by Crippen LogP contribution is 2.28. The van der Waals surface area contributed by atoms with Crippen molar-refractivity contribution in [2.45, 2.75) is 11.7 Å². The lowest BCUT2D eigenvalue weighted by Gasteiger charge is -2.24. The van der Waals surface area contributed by atoms with Crippen LogP contribution in [0.5, 0.6) is 0 Å². The van der Waals surface area contributed by atoms with Crippen molar-refractivity contribution < 1.29 is 10.2 Å². The molecule has 0 saturated heterocycles. The van der Waals surface area contributed by atoms with Crippen molar-refractivity contribution in [2.75, 3.05) is 5.73 Å². The molecule has 0 amide bonds. The maximum absolute atomic E-state index is 9.41. The van der Waals surface area contributed by atoms with Crippen molar-refractivity contribution in [2.24, 2.45) is 5.73 Å². The Morgan fingerprint density at radius 1 is 1.19 bits per heavy atom. The van der Waals surface area contributed by atoms with Crippen LogP contribution in [-0.2, 0) is 0 Å². The largest absolute Gasteiger partial charge is 0.399 e. The summed E-state index contributed by atoms with van der Waals surface area (Å²) in [6.45, 7) is 0. The van der Waals surface area contributed by atoms with Gasteiger partial charge in [0.25, 0.3) is 0 Å². The van der Waals surface area contributed by atoms with E-state index in [0.29, 0.717) is 5.69 Å². The van der Waals surface area contributed by atoms with Crippen LogP contribution >= 0.6 is 0 Å². The molecule has 84 valence electrons. The Hall–Kier alpha value is -1.78. The molecule has 0 radical (unpaired) electrons. The molecule has 4 nitrogen and oxygen atoms in total. The number of hydrogen-bond donors (Lipinski definition) is 4. The number of benzene rings is 1. The fraction of sp³-hybridized carbons (Fsp3) is 0.167. The highest BCUT2D eigenvalue weighted by molar-refractivity contribution is 5.45. The van der Waals surface area contributed by atoms with E-state index in [1.165, 1.54) is 6.08 Å². The molecular formula is C12H14N2O2. The highest BCUT2D eigenvalue weighted by Gasteiger charge is 2.27. The van der Waals surface area contributed by atoms with Crippen LogP contribution in [0.1, 0.15) is 11.5 Å². The zero-order valence-electron chi connectivity index (χ0n) is 8.67. The van der Waals surface area contributed by atoms with Gasteiger partial charge in [0.15, 0.2) is 0 Å². The lowest BCUT2D eigenvalue weighted by Crippen LogP contribution is -2.35. The average molecular weight is 218 g/mol. The molecule has 6 N–H and O–H groups in total. The summed E-state index contributed by atoms with van der Waals surface area (Å²) in [5.41, 5.74) is 12.9. The average Bonchev–Trinajstić information content (AvgIpc) is 2.22. The molecule has 2 rings (SSSR count). The van der Waals surface area contributed by atoms with Gasteiger partial charge in [-0.15, -0.1) is 0 Å². The quantitative estimate of drug-likeness (QED) is 0.313. The van der Waals surface area contributed by atoms with Crippen molar-refractivity contribution in [3.63, 3.8) is 0 Å². The first-order chi connectivity index (χ1) is 7.49. The smallest absolute Gasteiger partial charge is 0.224 e. The summed E-state index contributed by atoms with van der Waals surface area (Å²) in [5.74, 6) is -2.10. The van der Waals surface area contributed by atoms with E-state index in [9.17, 15) is 10.2 Å². The maximum atomic E-state index is 9.41. The molecule has 16 heavy (non-hydrogen) atoms. The number of allylic oxidation sites excluding steroid dienone is 2. The third kappa shape index (κ3) is 1.93. The van der Waals surface area contributed by atoms with E-state index in [-0.39, 0.29) is 11.6 Å². The molecule has 0 bridgehead atoms. The van der Waals surface area contributed by atoms with E-state index in [0.717, 1.165) is 5.56 Å². The van der Waals surface area contributed by atoms with Crippen LogP contribution < -0.4 is 11.5 Å². The third-order valence-electron chi connectivity index (χ3n) is 2.62. The minimum atomic E-state index is -2.03. The first kappa shape index (κ1) is 10.7. The Balaban J connectivity index is 2.33. The fourth-order valence-corrected chi connectivity index (χ4v) is 1.68. The van der Waals surface area contributed by atoms with E-state index in [1.54, 1.807) is 18.2 Å². The Morgan fingerprint density at radius 3 is 2.56 bits per heavy atom.